The molecule has 1 rings (SSSR count). The molecule has 15 heavy (non-hydrogen) atoms. The van der Waals surface area contributed by atoms with Gasteiger partial charge in [-0.15, -0.1) is 0 Å². The van der Waals surface area contributed by atoms with Gasteiger partial charge in [0.25, 0.3) is 0 Å². The van der Waals surface area contributed by atoms with E-state index in [1.807, 2.05) is 19.9 Å². The highest BCUT2D eigenvalue weighted by atomic mass is 19.4. The number of benzene rings is 1. The summed E-state index contributed by atoms with van der Waals surface area (Å²) >= 11 is 0. The van der Waals surface area contributed by atoms with Crippen molar-refractivity contribution in [3.8, 4) is 0 Å². The third-order valence-corrected chi connectivity index (χ3v) is 2.13. The summed E-state index contributed by atoms with van der Waals surface area (Å²) in [4.78, 5) is 1.24. The van der Waals surface area contributed by atoms with E-state index in [-0.39, 0.29) is 0 Å². The van der Waals surface area contributed by atoms with E-state index in [1.165, 1.54) is 11.9 Å². The second kappa shape index (κ2) is 4.17. The molecule has 0 aliphatic rings. The van der Waals surface area contributed by atoms with Crippen LogP contribution in [0.3, 0.4) is 0 Å². The molecule has 0 saturated carbocycles. The van der Waals surface area contributed by atoms with Gasteiger partial charge in [0.1, 0.15) is 0 Å². The Morgan fingerprint density at radius 3 is 1.93 bits per heavy atom. The average molecular weight is 216 g/mol. The van der Waals surface area contributed by atoms with Gasteiger partial charge in [0.05, 0.1) is 0 Å². The van der Waals surface area contributed by atoms with Gasteiger partial charge < -0.3 is 17.8 Å². The molecule has 0 aliphatic carbocycles. The third-order valence-electron chi connectivity index (χ3n) is 2.13. The van der Waals surface area contributed by atoms with Gasteiger partial charge in [0, 0.05) is 12.7 Å². The number of rotatable bonds is 3. The van der Waals surface area contributed by atoms with E-state index in [0.29, 0.717) is 5.69 Å². The molecule has 0 aliphatic heterocycles. The van der Waals surface area contributed by atoms with E-state index < -0.39 is 13.4 Å². The largest absolute Gasteiger partial charge is 0.497 e. The van der Waals surface area contributed by atoms with Crippen LogP contribution in [0, 0.1) is 13.8 Å². The molecule has 0 radical (unpaired) electrons. The maximum absolute atomic E-state index is 12.2. The van der Waals surface area contributed by atoms with Crippen LogP contribution in [0.25, 0.3) is 0 Å². The molecule has 0 spiro atoms. The Hall–Kier alpha value is -1.13. The normalized spacial score (nSPS) is 11.6. The molecule has 5 heteroatoms. The lowest BCUT2D eigenvalue weighted by atomic mass is 9.91. The Bertz CT molecular complexity index is 329. The summed E-state index contributed by atoms with van der Waals surface area (Å²) in [5.74, 6) is 0. The van der Waals surface area contributed by atoms with Gasteiger partial charge in [-0.25, -0.2) is 0 Å². The Labute approximate surface area is 88.0 Å². The first-order valence-corrected chi connectivity index (χ1v) is 4.78. The molecule has 0 fully saturated rings. The van der Waals surface area contributed by atoms with E-state index >= 15 is 0 Å². The third kappa shape index (κ3) is 3.85. The van der Waals surface area contributed by atoms with Crippen LogP contribution < -0.4 is 4.90 Å². The summed E-state index contributed by atoms with van der Waals surface area (Å²) in [7, 11) is 1.46. The number of anilines is 1. The van der Waals surface area contributed by atoms with Crippen LogP contribution in [0.1, 0.15) is 11.1 Å². The van der Waals surface area contributed by atoms with Crippen LogP contribution in [0.15, 0.2) is 18.2 Å². The van der Waals surface area contributed by atoms with Crippen molar-refractivity contribution in [2.45, 2.75) is 13.8 Å². The summed E-state index contributed by atoms with van der Waals surface area (Å²) in [6.45, 7) is -1.01. The summed E-state index contributed by atoms with van der Waals surface area (Å²) in [6, 6.07) is 5.46. The fraction of sp³-hybridized carbons (Fsp3) is 0.400. The topological polar surface area (TPSA) is 3.24 Å². The Morgan fingerprint density at radius 1 is 1.07 bits per heavy atom. The second-order valence-electron chi connectivity index (χ2n) is 3.94. The molecule has 0 N–H and O–H groups in total. The summed E-state index contributed by atoms with van der Waals surface area (Å²) < 4.78 is 36.6. The minimum atomic E-state index is -4.77. The average Bonchev–Trinajstić information content (AvgIpc) is 1.98. The monoisotopic (exact) mass is 216 g/mol. The van der Waals surface area contributed by atoms with E-state index in [9.17, 15) is 12.9 Å². The fourth-order valence-electron chi connectivity index (χ4n) is 1.59. The highest BCUT2D eigenvalue weighted by Gasteiger charge is 2.25. The van der Waals surface area contributed by atoms with Crippen LogP contribution in [-0.2, 0) is 0 Å². The molecule has 0 saturated heterocycles. The van der Waals surface area contributed by atoms with Crippen molar-refractivity contribution >= 4 is 12.7 Å². The zero-order chi connectivity index (χ0) is 11.6. The smallest absolute Gasteiger partial charge is 0.448 e. The van der Waals surface area contributed by atoms with Crippen LogP contribution in [0.5, 0.6) is 0 Å². The minimum absolute atomic E-state index is 0.617. The van der Waals surface area contributed by atoms with Crippen molar-refractivity contribution < 1.29 is 12.9 Å². The minimum Gasteiger partial charge on any atom is -0.448 e. The first kappa shape index (κ1) is 11.9. The molecule has 0 bridgehead atoms. The number of halogens is 3. The van der Waals surface area contributed by atoms with Crippen molar-refractivity contribution in [2.24, 2.45) is 0 Å². The van der Waals surface area contributed by atoms with Gasteiger partial charge in [-0.1, -0.05) is 6.07 Å². The predicted molar refractivity (Wildman–Crippen MR) is 58.3 cm³/mol. The van der Waals surface area contributed by atoms with Crippen LogP contribution >= 0.6 is 0 Å². The van der Waals surface area contributed by atoms with Gasteiger partial charge in [-0.3, -0.25) is 0 Å². The summed E-state index contributed by atoms with van der Waals surface area (Å²) in [5.41, 5.74) is 2.57. The molecule has 0 atom stereocenters. The first-order valence-electron chi connectivity index (χ1n) is 4.78. The SMILES string of the molecule is Cc1cc(C)cc(N(C)C[B-](F)(F)F)c1. The summed E-state index contributed by atoms with van der Waals surface area (Å²) in [6.07, 6.45) is -0.858. The van der Waals surface area contributed by atoms with Crippen LogP contribution in [0.4, 0.5) is 18.6 Å². The molecule has 1 aromatic carbocycles. The van der Waals surface area contributed by atoms with Crippen LogP contribution in [-0.4, -0.2) is 20.5 Å². The fourth-order valence-corrected chi connectivity index (χ4v) is 1.59. The molecule has 0 heterocycles. The lowest BCUT2D eigenvalue weighted by Gasteiger charge is -2.26. The maximum Gasteiger partial charge on any atom is 0.497 e. The Morgan fingerprint density at radius 2 is 1.53 bits per heavy atom. The molecular weight excluding hydrogens is 202 g/mol. The molecule has 84 valence electrons. The quantitative estimate of drug-likeness (QED) is 0.701. The van der Waals surface area contributed by atoms with Crippen LogP contribution in [0.2, 0.25) is 0 Å². The molecular formula is C10H14BF3N-. The number of nitrogens with zero attached hydrogens (tertiary/aromatic N) is 1. The van der Waals surface area contributed by atoms with Gasteiger partial charge in [-0.05, 0) is 43.6 Å². The molecule has 1 nitrogen and oxygen atoms in total. The zero-order valence-corrected chi connectivity index (χ0v) is 9.10. The van der Waals surface area contributed by atoms with Crippen molar-refractivity contribution in [1.29, 1.82) is 0 Å². The summed E-state index contributed by atoms with van der Waals surface area (Å²) in [5, 5.41) is 0. The van der Waals surface area contributed by atoms with E-state index in [2.05, 4.69) is 0 Å². The van der Waals surface area contributed by atoms with Crippen molar-refractivity contribution in [3.05, 3.63) is 29.3 Å². The molecule has 0 unspecified atom stereocenters. The number of hydrogen-bond acceptors (Lipinski definition) is 1. The maximum atomic E-state index is 12.2. The highest BCUT2D eigenvalue weighted by Crippen LogP contribution is 2.20. The van der Waals surface area contributed by atoms with Gasteiger partial charge in [0.2, 0.25) is 0 Å². The lowest BCUT2D eigenvalue weighted by Crippen LogP contribution is -2.35. The highest BCUT2D eigenvalue weighted by molar-refractivity contribution is 6.59. The standard InChI is InChI=1S/C10H14BF3N/c1-8-4-9(2)6-10(5-8)15(3)7-11(12,13)14/h4-6H,7H2,1-3H3/q-1. The van der Waals surface area contributed by atoms with Crippen molar-refractivity contribution in [2.75, 3.05) is 18.4 Å². The predicted octanol–water partition coefficient (Wildman–Crippen LogP) is 3.13. The van der Waals surface area contributed by atoms with E-state index in [4.69, 9.17) is 0 Å². The first-order chi connectivity index (χ1) is 6.78. The van der Waals surface area contributed by atoms with Gasteiger partial charge in [-0.2, -0.15) is 0 Å². The Balaban J connectivity index is 2.86. The second-order valence-corrected chi connectivity index (χ2v) is 3.94. The zero-order valence-electron chi connectivity index (χ0n) is 9.10. The number of hydrogen-bond donors (Lipinski definition) is 0. The molecule has 0 amide bonds. The molecule has 1 aromatic rings. The van der Waals surface area contributed by atoms with E-state index in [1.54, 1.807) is 12.1 Å². The Kier molecular flexibility index (Phi) is 3.32. The van der Waals surface area contributed by atoms with Gasteiger partial charge >= 0.3 is 6.98 Å². The van der Waals surface area contributed by atoms with Crippen molar-refractivity contribution in [1.82, 2.24) is 0 Å². The van der Waals surface area contributed by atoms with E-state index in [0.717, 1.165) is 11.1 Å². The van der Waals surface area contributed by atoms with Gasteiger partial charge in [0.15, 0.2) is 0 Å². The molecule has 0 aromatic heterocycles. The lowest BCUT2D eigenvalue weighted by molar-refractivity contribution is 0.470. The number of aryl methyl sites for hydroxylation is 2. The van der Waals surface area contributed by atoms with Crippen molar-refractivity contribution in [3.63, 3.8) is 0 Å².